The summed E-state index contributed by atoms with van der Waals surface area (Å²) in [5.41, 5.74) is 7.19. The van der Waals surface area contributed by atoms with Crippen LogP contribution in [0.1, 0.15) is 42.2 Å². The number of amides is 1. The van der Waals surface area contributed by atoms with E-state index in [0.29, 0.717) is 9.50 Å². The molecule has 0 aromatic heterocycles. The predicted molar refractivity (Wildman–Crippen MR) is 116 cm³/mol. The van der Waals surface area contributed by atoms with E-state index in [9.17, 15) is 14.4 Å². The lowest BCUT2D eigenvalue weighted by molar-refractivity contribution is 0.0979. The van der Waals surface area contributed by atoms with Crippen molar-refractivity contribution >= 4 is 68.0 Å². The fourth-order valence-electron chi connectivity index (χ4n) is 3.25. The van der Waals surface area contributed by atoms with Crippen LogP contribution in [0.2, 0.25) is 10.0 Å². The average Bonchev–Trinajstić information content (AvgIpc) is 2.68. The molecular formula is C21H11BrCl2N2O3. The molecule has 4 rings (SSSR count). The van der Waals surface area contributed by atoms with Gasteiger partial charge in [0.15, 0.2) is 11.6 Å². The molecule has 0 spiro atoms. The molecule has 1 aliphatic carbocycles. The van der Waals surface area contributed by atoms with Crippen molar-refractivity contribution in [2.24, 2.45) is 0 Å². The number of nitrogens with two attached hydrogens (primary N) is 1. The van der Waals surface area contributed by atoms with Gasteiger partial charge in [-0.25, -0.2) is 0 Å². The third kappa shape index (κ3) is 3.23. The van der Waals surface area contributed by atoms with E-state index in [1.807, 2.05) is 0 Å². The van der Waals surface area contributed by atoms with Gasteiger partial charge in [0, 0.05) is 20.6 Å². The maximum absolute atomic E-state index is 13.1. The molecule has 0 unspecified atom stereocenters. The molecule has 0 heterocycles. The van der Waals surface area contributed by atoms with Gasteiger partial charge in [-0.05, 0) is 40.2 Å². The Labute approximate surface area is 183 Å². The van der Waals surface area contributed by atoms with Crippen LogP contribution < -0.4 is 11.1 Å². The predicted octanol–water partition coefficient (Wildman–Crippen LogP) is 5.37. The lowest BCUT2D eigenvalue weighted by Gasteiger charge is -2.23. The monoisotopic (exact) mass is 488 g/mol. The second kappa shape index (κ2) is 7.30. The number of nitrogens with one attached hydrogen (secondary N) is 1. The highest BCUT2D eigenvalue weighted by atomic mass is 79.9. The van der Waals surface area contributed by atoms with Gasteiger partial charge < -0.3 is 11.1 Å². The van der Waals surface area contributed by atoms with Crippen LogP contribution in [-0.2, 0) is 0 Å². The summed E-state index contributed by atoms with van der Waals surface area (Å²) in [5.74, 6) is -1.33. The van der Waals surface area contributed by atoms with Gasteiger partial charge in [0.05, 0.1) is 33.1 Å². The van der Waals surface area contributed by atoms with Crippen LogP contribution in [0.3, 0.4) is 0 Å². The van der Waals surface area contributed by atoms with E-state index in [-0.39, 0.29) is 50.0 Å². The molecule has 1 amide bonds. The fraction of sp³-hybridized carbons (Fsp3) is 0. The molecule has 0 bridgehead atoms. The minimum absolute atomic E-state index is 0.0489. The molecule has 144 valence electrons. The first-order valence-electron chi connectivity index (χ1n) is 8.36. The van der Waals surface area contributed by atoms with Crippen molar-refractivity contribution in [3.63, 3.8) is 0 Å². The molecule has 3 N–H and O–H groups in total. The molecule has 0 saturated carbocycles. The Morgan fingerprint density at radius 2 is 1.55 bits per heavy atom. The highest BCUT2D eigenvalue weighted by Gasteiger charge is 2.34. The molecule has 5 nitrogen and oxygen atoms in total. The minimum atomic E-state index is -0.551. The van der Waals surface area contributed by atoms with Gasteiger partial charge >= 0.3 is 0 Å². The first-order chi connectivity index (χ1) is 13.8. The van der Waals surface area contributed by atoms with Crippen molar-refractivity contribution in [3.8, 4) is 0 Å². The summed E-state index contributed by atoms with van der Waals surface area (Å²) in [5, 5.41) is 3.22. The molecule has 0 fully saturated rings. The molecule has 29 heavy (non-hydrogen) atoms. The number of ketones is 2. The van der Waals surface area contributed by atoms with Gasteiger partial charge in [-0.3, -0.25) is 14.4 Å². The van der Waals surface area contributed by atoms with Gasteiger partial charge in [0.1, 0.15) is 0 Å². The normalized spacial score (nSPS) is 12.4. The van der Waals surface area contributed by atoms with Gasteiger partial charge in [0.2, 0.25) is 0 Å². The maximum atomic E-state index is 13.1. The highest BCUT2D eigenvalue weighted by molar-refractivity contribution is 9.10. The number of hydrogen-bond acceptors (Lipinski definition) is 4. The molecule has 3 aromatic carbocycles. The number of anilines is 2. The Morgan fingerprint density at radius 3 is 2.17 bits per heavy atom. The first kappa shape index (κ1) is 19.6. The fourth-order valence-corrected chi connectivity index (χ4v) is 4.17. The summed E-state index contributed by atoms with van der Waals surface area (Å²) in [6.45, 7) is 0. The van der Waals surface area contributed by atoms with Crippen LogP contribution >= 0.6 is 39.1 Å². The Morgan fingerprint density at radius 1 is 0.931 bits per heavy atom. The molecule has 0 saturated heterocycles. The second-order valence-electron chi connectivity index (χ2n) is 6.35. The summed E-state index contributed by atoms with van der Waals surface area (Å²) >= 11 is 15.3. The van der Waals surface area contributed by atoms with E-state index >= 15 is 0 Å². The van der Waals surface area contributed by atoms with E-state index in [2.05, 4.69) is 21.2 Å². The zero-order chi connectivity index (χ0) is 20.9. The lowest BCUT2D eigenvalue weighted by atomic mass is 9.82. The average molecular weight is 490 g/mol. The minimum Gasteiger partial charge on any atom is -0.397 e. The van der Waals surface area contributed by atoms with Crippen LogP contribution in [0.4, 0.5) is 11.4 Å². The Kier molecular flexibility index (Phi) is 4.94. The van der Waals surface area contributed by atoms with Crippen molar-refractivity contribution in [3.05, 3.63) is 90.9 Å². The largest absolute Gasteiger partial charge is 0.397 e. The molecule has 3 aromatic rings. The van der Waals surface area contributed by atoms with Crippen molar-refractivity contribution in [2.45, 2.75) is 0 Å². The molecule has 1 aliphatic rings. The number of carbonyl (C=O) groups excluding carboxylic acids is 3. The maximum Gasteiger partial charge on any atom is 0.257 e. The summed E-state index contributed by atoms with van der Waals surface area (Å²) in [4.78, 5) is 39.0. The number of halogens is 3. The lowest BCUT2D eigenvalue weighted by Crippen LogP contribution is -2.25. The summed E-state index contributed by atoms with van der Waals surface area (Å²) in [6.07, 6.45) is 0. The Hall–Kier alpha value is -2.67. The van der Waals surface area contributed by atoms with Crippen molar-refractivity contribution < 1.29 is 14.4 Å². The van der Waals surface area contributed by atoms with E-state index in [4.69, 9.17) is 28.9 Å². The number of carbonyl (C=O) groups is 3. The van der Waals surface area contributed by atoms with Gasteiger partial charge in [0.25, 0.3) is 5.91 Å². The summed E-state index contributed by atoms with van der Waals surface area (Å²) in [7, 11) is 0. The van der Waals surface area contributed by atoms with E-state index < -0.39 is 11.7 Å². The van der Waals surface area contributed by atoms with Crippen molar-refractivity contribution in [1.29, 1.82) is 0 Å². The molecule has 0 radical (unpaired) electrons. The molecule has 8 heteroatoms. The smallest absolute Gasteiger partial charge is 0.257 e. The van der Waals surface area contributed by atoms with Gasteiger partial charge in [-0.1, -0.05) is 47.5 Å². The number of nitrogen functional groups attached to an aromatic ring is 1. The van der Waals surface area contributed by atoms with Crippen molar-refractivity contribution in [1.82, 2.24) is 0 Å². The van der Waals surface area contributed by atoms with Crippen LogP contribution in [0.15, 0.2) is 53.0 Å². The van der Waals surface area contributed by atoms with Gasteiger partial charge in [-0.15, -0.1) is 0 Å². The van der Waals surface area contributed by atoms with E-state index in [1.165, 1.54) is 24.3 Å². The third-order valence-corrected chi connectivity index (χ3v) is 5.82. The number of benzene rings is 3. The van der Waals surface area contributed by atoms with Crippen LogP contribution in [-0.4, -0.2) is 17.5 Å². The Bertz CT molecular complexity index is 1240. The topological polar surface area (TPSA) is 89.3 Å². The third-order valence-electron chi connectivity index (χ3n) is 4.61. The quantitative estimate of drug-likeness (QED) is 0.370. The number of rotatable bonds is 2. The van der Waals surface area contributed by atoms with Gasteiger partial charge in [-0.2, -0.15) is 0 Å². The number of hydrogen-bond donors (Lipinski definition) is 2. The Balaban J connectivity index is 1.86. The summed E-state index contributed by atoms with van der Waals surface area (Å²) < 4.78 is 0.384. The zero-order valence-corrected chi connectivity index (χ0v) is 17.7. The van der Waals surface area contributed by atoms with Crippen molar-refractivity contribution in [2.75, 3.05) is 11.1 Å². The molecular weight excluding hydrogens is 479 g/mol. The highest BCUT2D eigenvalue weighted by Crippen LogP contribution is 2.39. The molecule has 0 aliphatic heterocycles. The van der Waals surface area contributed by atoms with E-state index in [1.54, 1.807) is 24.3 Å². The number of fused-ring (bicyclic) bond motifs is 2. The van der Waals surface area contributed by atoms with Crippen LogP contribution in [0.5, 0.6) is 0 Å². The zero-order valence-electron chi connectivity index (χ0n) is 14.6. The van der Waals surface area contributed by atoms with Crippen LogP contribution in [0, 0.1) is 0 Å². The first-order valence-corrected chi connectivity index (χ1v) is 9.91. The van der Waals surface area contributed by atoms with Crippen LogP contribution in [0.25, 0.3) is 0 Å². The standard InChI is InChI=1S/C21H11BrCl2N2O3/c22-13-8-15(26-21(29)12-6-5-9(23)7-14(12)24)16-17(18(13)25)20(28)11-4-2-1-3-10(11)19(16)27/h1-8H,25H2,(H,26,29). The molecule has 0 atom stereocenters. The summed E-state index contributed by atoms with van der Waals surface area (Å²) in [6, 6.07) is 12.4. The van der Waals surface area contributed by atoms with E-state index in [0.717, 1.165) is 0 Å². The SMILES string of the molecule is Nc1c(Br)cc(NC(=O)c2ccc(Cl)cc2Cl)c2c1C(=O)c1ccccc1C2=O. The second-order valence-corrected chi connectivity index (χ2v) is 8.05.